The highest BCUT2D eigenvalue weighted by atomic mass is 32.2. The molecule has 2 aromatic rings. The average Bonchev–Trinajstić information content (AvgIpc) is 2.98. The van der Waals surface area contributed by atoms with Gasteiger partial charge in [-0.3, -0.25) is 9.48 Å². The molecule has 1 aromatic carbocycles. The fourth-order valence-electron chi connectivity index (χ4n) is 3.49. The Labute approximate surface area is 166 Å². The molecule has 0 atom stereocenters. The number of nitrogens with one attached hydrogen (secondary N) is 1. The maximum Gasteiger partial charge on any atom is 0.243 e. The number of nitrogens with zero attached hydrogens (tertiary/aromatic N) is 3. The molecule has 1 aromatic heterocycles. The summed E-state index contributed by atoms with van der Waals surface area (Å²) in [6, 6.07) is 8.90. The SMILES string of the molecule is Cc1cc(NC(=O)C2CCN(S(=O)(=O)c3ccc(C(C)C)cc3)CC2)n(C)n1. The van der Waals surface area contributed by atoms with Gasteiger partial charge in [0.15, 0.2) is 0 Å². The van der Waals surface area contributed by atoms with Gasteiger partial charge in [-0.25, -0.2) is 8.42 Å². The molecule has 1 aliphatic rings. The molecule has 8 heteroatoms. The van der Waals surface area contributed by atoms with Crippen molar-refractivity contribution in [3.05, 3.63) is 41.6 Å². The lowest BCUT2D eigenvalue weighted by atomic mass is 9.97. The maximum atomic E-state index is 12.9. The second-order valence-electron chi connectivity index (χ2n) is 7.69. The Bertz CT molecular complexity index is 940. The summed E-state index contributed by atoms with van der Waals surface area (Å²) in [6.45, 7) is 6.71. The van der Waals surface area contributed by atoms with E-state index in [1.165, 1.54) is 4.31 Å². The van der Waals surface area contributed by atoms with Gasteiger partial charge in [-0.05, 0) is 43.4 Å². The van der Waals surface area contributed by atoms with Gasteiger partial charge in [0.1, 0.15) is 5.82 Å². The molecule has 0 saturated carbocycles. The minimum Gasteiger partial charge on any atom is -0.311 e. The molecule has 2 heterocycles. The second-order valence-corrected chi connectivity index (χ2v) is 9.62. The van der Waals surface area contributed by atoms with Crippen LogP contribution in [-0.2, 0) is 21.9 Å². The van der Waals surface area contributed by atoms with Crippen molar-refractivity contribution in [3.8, 4) is 0 Å². The van der Waals surface area contributed by atoms with E-state index in [9.17, 15) is 13.2 Å². The highest BCUT2D eigenvalue weighted by Crippen LogP contribution is 2.26. The van der Waals surface area contributed by atoms with Gasteiger partial charge >= 0.3 is 0 Å². The fourth-order valence-corrected chi connectivity index (χ4v) is 4.96. The zero-order valence-electron chi connectivity index (χ0n) is 16.8. The molecule has 1 saturated heterocycles. The number of aromatic nitrogens is 2. The molecule has 0 radical (unpaired) electrons. The summed E-state index contributed by atoms with van der Waals surface area (Å²) < 4.78 is 28.9. The van der Waals surface area contributed by atoms with E-state index in [2.05, 4.69) is 24.3 Å². The van der Waals surface area contributed by atoms with E-state index in [-0.39, 0.29) is 11.8 Å². The monoisotopic (exact) mass is 404 g/mol. The molecule has 152 valence electrons. The normalized spacial score (nSPS) is 16.5. The summed E-state index contributed by atoms with van der Waals surface area (Å²) in [7, 11) is -1.75. The molecule has 28 heavy (non-hydrogen) atoms. The van der Waals surface area contributed by atoms with E-state index >= 15 is 0 Å². The minimum atomic E-state index is -3.53. The van der Waals surface area contributed by atoms with Crippen LogP contribution >= 0.6 is 0 Å². The molecule has 0 bridgehead atoms. The number of rotatable bonds is 5. The molecule has 1 amide bonds. The first-order valence-corrected chi connectivity index (χ1v) is 11.0. The Kier molecular flexibility index (Phi) is 5.90. The summed E-state index contributed by atoms with van der Waals surface area (Å²) in [6.07, 6.45) is 1.01. The first-order valence-electron chi connectivity index (χ1n) is 9.60. The van der Waals surface area contributed by atoms with Crippen molar-refractivity contribution in [2.75, 3.05) is 18.4 Å². The van der Waals surface area contributed by atoms with Crippen LogP contribution in [0.5, 0.6) is 0 Å². The first kappa shape index (κ1) is 20.5. The quantitative estimate of drug-likeness (QED) is 0.830. The van der Waals surface area contributed by atoms with Gasteiger partial charge in [-0.1, -0.05) is 26.0 Å². The summed E-state index contributed by atoms with van der Waals surface area (Å²) in [4.78, 5) is 12.8. The number of aryl methyl sites for hydroxylation is 2. The average molecular weight is 405 g/mol. The zero-order chi connectivity index (χ0) is 20.5. The van der Waals surface area contributed by atoms with Crippen molar-refractivity contribution in [1.82, 2.24) is 14.1 Å². The van der Waals surface area contributed by atoms with Crippen LogP contribution in [0.15, 0.2) is 35.2 Å². The van der Waals surface area contributed by atoms with Crippen molar-refractivity contribution in [2.24, 2.45) is 13.0 Å². The maximum absolute atomic E-state index is 12.9. The number of anilines is 1. The van der Waals surface area contributed by atoms with Gasteiger partial charge in [0, 0.05) is 32.1 Å². The minimum absolute atomic E-state index is 0.0821. The van der Waals surface area contributed by atoms with Crippen molar-refractivity contribution in [3.63, 3.8) is 0 Å². The topological polar surface area (TPSA) is 84.3 Å². The van der Waals surface area contributed by atoms with Gasteiger partial charge in [-0.2, -0.15) is 9.40 Å². The molecular weight excluding hydrogens is 376 g/mol. The summed E-state index contributed by atoms with van der Waals surface area (Å²) in [5, 5.41) is 7.11. The van der Waals surface area contributed by atoms with Crippen LogP contribution in [0.25, 0.3) is 0 Å². The second kappa shape index (κ2) is 8.05. The summed E-state index contributed by atoms with van der Waals surface area (Å²) in [5.74, 6) is 0.725. The van der Waals surface area contributed by atoms with E-state index in [0.717, 1.165) is 11.3 Å². The van der Waals surface area contributed by atoms with Gasteiger partial charge in [0.25, 0.3) is 0 Å². The molecule has 1 fully saturated rings. The van der Waals surface area contributed by atoms with Crippen LogP contribution in [0.3, 0.4) is 0 Å². The van der Waals surface area contributed by atoms with Crippen molar-refractivity contribution < 1.29 is 13.2 Å². The van der Waals surface area contributed by atoms with E-state index in [1.54, 1.807) is 23.9 Å². The molecule has 0 spiro atoms. The van der Waals surface area contributed by atoms with Crippen LogP contribution in [0.1, 0.15) is 43.9 Å². The Morgan fingerprint density at radius 1 is 1.18 bits per heavy atom. The Hall–Kier alpha value is -2.19. The molecule has 3 rings (SSSR count). The third kappa shape index (κ3) is 4.28. The number of carbonyl (C=O) groups is 1. The number of carbonyl (C=O) groups excluding carboxylic acids is 1. The van der Waals surface area contributed by atoms with Crippen molar-refractivity contribution in [1.29, 1.82) is 0 Å². The number of hydrogen-bond donors (Lipinski definition) is 1. The molecular formula is C20H28N4O3S. The predicted octanol–water partition coefficient (Wildman–Crippen LogP) is 2.89. The van der Waals surface area contributed by atoms with Gasteiger partial charge in [-0.15, -0.1) is 0 Å². The largest absolute Gasteiger partial charge is 0.311 e. The predicted molar refractivity (Wildman–Crippen MR) is 109 cm³/mol. The number of benzene rings is 1. The lowest BCUT2D eigenvalue weighted by molar-refractivity contribution is -0.121. The van der Waals surface area contributed by atoms with E-state index in [4.69, 9.17) is 0 Å². The third-order valence-corrected chi connectivity index (χ3v) is 7.18. The lowest BCUT2D eigenvalue weighted by Gasteiger charge is -2.30. The summed E-state index contributed by atoms with van der Waals surface area (Å²) in [5.41, 5.74) is 1.95. The Balaban J connectivity index is 1.62. The Morgan fingerprint density at radius 3 is 2.29 bits per heavy atom. The van der Waals surface area contributed by atoms with Crippen molar-refractivity contribution in [2.45, 2.75) is 44.4 Å². The van der Waals surface area contributed by atoms with Crippen LogP contribution in [0.4, 0.5) is 5.82 Å². The number of amides is 1. The third-order valence-electron chi connectivity index (χ3n) is 5.26. The standard InChI is InChI=1S/C20H28N4O3S/c1-14(2)16-5-7-18(8-6-16)28(26,27)24-11-9-17(10-12-24)20(25)21-19-13-15(3)22-23(19)4/h5-8,13-14,17H,9-12H2,1-4H3,(H,21,25). The summed E-state index contributed by atoms with van der Waals surface area (Å²) >= 11 is 0. The Morgan fingerprint density at radius 2 is 1.79 bits per heavy atom. The van der Waals surface area contributed by atoms with E-state index in [1.807, 2.05) is 25.1 Å². The zero-order valence-corrected chi connectivity index (χ0v) is 17.7. The van der Waals surface area contributed by atoms with Crippen molar-refractivity contribution >= 4 is 21.7 Å². The van der Waals surface area contributed by atoms with Crippen LogP contribution in [0, 0.1) is 12.8 Å². The highest BCUT2D eigenvalue weighted by molar-refractivity contribution is 7.89. The first-order chi connectivity index (χ1) is 13.2. The molecule has 0 aliphatic carbocycles. The van der Waals surface area contributed by atoms with Crippen LogP contribution < -0.4 is 5.32 Å². The number of piperidine rings is 1. The highest BCUT2D eigenvalue weighted by Gasteiger charge is 2.32. The molecule has 1 aliphatic heterocycles. The van der Waals surface area contributed by atoms with E-state index < -0.39 is 10.0 Å². The van der Waals surface area contributed by atoms with Gasteiger partial charge in [0.2, 0.25) is 15.9 Å². The van der Waals surface area contributed by atoms with Gasteiger partial charge in [0.05, 0.1) is 10.6 Å². The molecule has 7 nitrogen and oxygen atoms in total. The smallest absolute Gasteiger partial charge is 0.243 e. The number of hydrogen-bond acceptors (Lipinski definition) is 4. The lowest BCUT2D eigenvalue weighted by Crippen LogP contribution is -2.41. The molecule has 1 N–H and O–H groups in total. The van der Waals surface area contributed by atoms with Crippen LogP contribution in [0.2, 0.25) is 0 Å². The van der Waals surface area contributed by atoms with E-state index in [0.29, 0.717) is 42.6 Å². The van der Waals surface area contributed by atoms with Crippen LogP contribution in [-0.4, -0.2) is 41.5 Å². The molecule has 0 unspecified atom stereocenters. The fraction of sp³-hybridized carbons (Fsp3) is 0.500. The van der Waals surface area contributed by atoms with Gasteiger partial charge < -0.3 is 5.32 Å². The number of sulfonamides is 1.